The molecule has 0 aliphatic heterocycles. The van der Waals surface area contributed by atoms with E-state index in [4.69, 9.17) is 27.5 Å². The SMILES string of the molecule is CCOc1c(N)c(C=N)c(I)c(Cl)c1F. The van der Waals surface area contributed by atoms with Gasteiger partial charge in [0.15, 0.2) is 11.6 Å². The van der Waals surface area contributed by atoms with Gasteiger partial charge in [-0.15, -0.1) is 0 Å². The number of hydrogen-bond donors (Lipinski definition) is 2. The first-order valence-corrected chi connectivity index (χ1v) is 5.59. The van der Waals surface area contributed by atoms with Crippen molar-refractivity contribution in [3.05, 3.63) is 20.0 Å². The minimum Gasteiger partial charge on any atom is -0.489 e. The molecule has 0 saturated heterocycles. The molecule has 0 saturated carbocycles. The van der Waals surface area contributed by atoms with Crippen LogP contribution in [0.3, 0.4) is 0 Å². The summed E-state index contributed by atoms with van der Waals surface area (Å²) in [6.45, 7) is 2.00. The molecule has 6 heteroatoms. The average molecular weight is 343 g/mol. The summed E-state index contributed by atoms with van der Waals surface area (Å²) in [5.74, 6) is -0.757. The van der Waals surface area contributed by atoms with E-state index in [0.29, 0.717) is 9.13 Å². The quantitative estimate of drug-likeness (QED) is 0.384. The third kappa shape index (κ3) is 2.17. The summed E-state index contributed by atoms with van der Waals surface area (Å²) in [7, 11) is 0. The van der Waals surface area contributed by atoms with Gasteiger partial charge in [0.2, 0.25) is 0 Å². The van der Waals surface area contributed by atoms with E-state index in [0.717, 1.165) is 6.21 Å². The molecule has 0 aliphatic carbocycles. The molecule has 0 fully saturated rings. The second-order valence-corrected chi connectivity index (χ2v) is 4.13. The highest BCUT2D eigenvalue weighted by Crippen LogP contribution is 2.37. The summed E-state index contributed by atoms with van der Waals surface area (Å²) in [6.07, 6.45) is 1.03. The fourth-order valence-electron chi connectivity index (χ4n) is 1.10. The summed E-state index contributed by atoms with van der Waals surface area (Å²) < 4.78 is 19.1. The van der Waals surface area contributed by atoms with Gasteiger partial charge in [0, 0.05) is 15.3 Å². The van der Waals surface area contributed by atoms with E-state index in [-0.39, 0.29) is 23.1 Å². The highest BCUT2D eigenvalue weighted by atomic mass is 127. The Morgan fingerprint density at radius 1 is 1.67 bits per heavy atom. The number of nitrogens with one attached hydrogen (secondary N) is 1. The Bertz CT molecular complexity index is 412. The normalized spacial score (nSPS) is 10.1. The van der Waals surface area contributed by atoms with Crippen LogP contribution in [0.4, 0.5) is 10.1 Å². The maximum atomic E-state index is 13.6. The van der Waals surface area contributed by atoms with E-state index in [1.54, 1.807) is 6.92 Å². The molecule has 3 nitrogen and oxygen atoms in total. The lowest BCUT2D eigenvalue weighted by Crippen LogP contribution is -2.06. The van der Waals surface area contributed by atoms with Crippen molar-refractivity contribution in [2.45, 2.75) is 6.92 Å². The van der Waals surface area contributed by atoms with Crippen LogP contribution in [0, 0.1) is 14.8 Å². The van der Waals surface area contributed by atoms with Gasteiger partial charge in [-0.3, -0.25) is 0 Å². The molecular formula is C9H9ClFIN2O. The molecule has 0 bridgehead atoms. The molecule has 0 spiro atoms. The second kappa shape index (κ2) is 4.98. The van der Waals surface area contributed by atoms with E-state index in [9.17, 15) is 4.39 Å². The van der Waals surface area contributed by atoms with E-state index >= 15 is 0 Å². The predicted molar refractivity (Wildman–Crippen MR) is 67.6 cm³/mol. The van der Waals surface area contributed by atoms with Crippen LogP contribution in [0.15, 0.2) is 0 Å². The van der Waals surface area contributed by atoms with Gasteiger partial charge in [0.25, 0.3) is 0 Å². The summed E-state index contributed by atoms with van der Waals surface area (Å²) in [4.78, 5) is 0. The van der Waals surface area contributed by atoms with Crippen molar-refractivity contribution >= 4 is 46.1 Å². The van der Waals surface area contributed by atoms with E-state index < -0.39 is 5.82 Å². The third-order valence-corrected chi connectivity index (χ3v) is 3.58. The van der Waals surface area contributed by atoms with Crippen LogP contribution in [-0.2, 0) is 0 Å². The molecule has 0 amide bonds. The van der Waals surface area contributed by atoms with Crippen LogP contribution in [-0.4, -0.2) is 12.8 Å². The molecule has 1 rings (SSSR count). The molecule has 1 aromatic carbocycles. The zero-order valence-corrected chi connectivity index (χ0v) is 10.8. The molecule has 0 radical (unpaired) electrons. The van der Waals surface area contributed by atoms with Crippen LogP contribution in [0.2, 0.25) is 5.02 Å². The fraction of sp³-hybridized carbons (Fsp3) is 0.222. The van der Waals surface area contributed by atoms with Gasteiger partial charge in [-0.25, -0.2) is 4.39 Å². The summed E-state index contributed by atoms with van der Waals surface area (Å²) in [5.41, 5.74) is 6.16. The van der Waals surface area contributed by atoms with Crippen molar-refractivity contribution in [1.29, 1.82) is 5.41 Å². The number of nitrogens with two attached hydrogens (primary N) is 1. The van der Waals surface area contributed by atoms with Gasteiger partial charge in [-0.05, 0) is 29.5 Å². The van der Waals surface area contributed by atoms with Crippen LogP contribution in [0.5, 0.6) is 5.75 Å². The predicted octanol–water partition coefficient (Wildman–Crippen LogP) is 3.06. The molecule has 0 atom stereocenters. The highest BCUT2D eigenvalue weighted by Gasteiger charge is 2.20. The van der Waals surface area contributed by atoms with Crippen molar-refractivity contribution < 1.29 is 9.13 Å². The number of anilines is 1. The Kier molecular flexibility index (Phi) is 4.15. The summed E-state index contributed by atoms with van der Waals surface area (Å²) in [6, 6.07) is 0. The van der Waals surface area contributed by atoms with E-state index in [1.807, 2.05) is 22.6 Å². The van der Waals surface area contributed by atoms with Gasteiger partial charge in [0.05, 0.1) is 17.3 Å². The maximum Gasteiger partial charge on any atom is 0.186 e. The minimum atomic E-state index is -0.675. The lowest BCUT2D eigenvalue weighted by Gasteiger charge is -2.13. The van der Waals surface area contributed by atoms with Crippen molar-refractivity contribution in [2.75, 3.05) is 12.3 Å². The van der Waals surface area contributed by atoms with Gasteiger partial charge in [-0.1, -0.05) is 11.6 Å². The average Bonchev–Trinajstić information content (AvgIpc) is 2.22. The molecule has 82 valence electrons. The van der Waals surface area contributed by atoms with Gasteiger partial charge >= 0.3 is 0 Å². The van der Waals surface area contributed by atoms with Crippen molar-refractivity contribution in [3.8, 4) is 5.75 Å². The number of hydrogen-bond acceptors (Lipinski definition) is 3. The first kappa shape index (κ1) is 12.5. The zero-order valence-electron chi connectivity index (χ0n) is 7.90. The van der Waals surface area contributed by atoms with Crippen LogP contribution >= 0.6 is 34.2 Å². The molecule has 15 heavy (non-hydrogen) atoms. The largest absolute Gasteiger partial charge is 0.489 e. The first-order valence-electron chi connectivity index (χ1n) is 4.13. The van der Waals surface area contributed by atoms with Crippen LogP contribution < -0.4 is 10.5 Å². The van der Waals surface area contributed by atoms with Gasteiger partial charge < -0.3 is 15.9 Å². The number of halogens is 3. The van der Waals surface area contributed by atoms with Gasteiger partial charge in [0.1, 0.15) is 0 Å². The Morgan fingerprint density at radius 3 is 2.73 bits per heavy atom. The Morgan fingerprint density at radius 2 is 2.27 bits per heavy atom. The molecule has 0 heterocycles. The van der Waals surface area contributed by atoms with Crippen molar-refractivity contribution in [1.82, 2.24) is 0 Å². The van der Waals surface area contributed by atoms with Crippen molar-refractivity contribution in [2.24, 2.45) is 0 Å². The number of benzene rings is 1. The topological polar surface area (TPSA) is 59.1 Å². The standard InChI is InChI=1S/C9H9ClFIN2O/c1-2-15-9-6(11)5(10)7(12)4(3-13)8(9)14/h3,13H,2,14H2,1H3. The maximum absolute atomic E-state index is 13.6. The minimum absolute atomic E-state index is 0.0632. The molecule has 1 aromatic rings. The second-order valence-electron chi connectivity index (χ2n) is 2.68. The van der Waals surface area contributed by atoms with Crippen molar-refractivity contribution in [3.63, 3.8) is 0 Å². The van der Waals surface area contributed by atoms with Gasteiger partial charge in [-0.2, -0.15) is 0 Å². The third-order valence-electron chi connectivity index (χ3n) is 1.79. The monoisotopic (exact) mass is 342 g/mol. The fourth-order valence-corrected chi connectivity index (χ4v) is 1.97. The lowest BCUT2D eigenvalue weighted by atomic mass is 10.1. The smallest absolute Gasteiger partial charge is 0.186 e. The summed E-state index contributed by atoms with van der Waals surface area (Å²) >= 11 is 7.60. The molecule has 3 N–H and O–H groups in total. The number of ether oxygens (including phenoxy) is 1. The Labute approximate surface area is 105 Å². The van der Waals surface area contributed by atoms with Crippen LogP contribution in [0.25, 0.3) is 0 Å². The Hall–Kier alpha value is -0.560. The molecule has 0 unspecified atom stereocenters. The van der Waals surface area contributed by atoms with E-state index in [1.165, 1.54) is 0 Å². The summed E-state index contributed by atoms with van der Waals surface area (Å²) in [5, 5.41) is 7.11. The molecule has 0 aromatic heterocycles. The number of rotatable bonds is 3. The Balaban J connectivity index is 3.52. The molecule has 0 aliphatic rings. The first-order chi connectivity index (χ1) is 7.04. The molecular weight excluding hydrogens is 333 g/mol. The van der Waals surface area contributed by atoms with Crippen LogP contribution in [0.1, 0.15) is 12.5 Å². The zero-order chi connectivity index (χ0) is 11.6. The number of nitrogen functional groups attached to an aromatic ring is 1. The van der Waals surface area contributed by atoms with E-state index in [2.05, 4.69) is 0 Å². The lowest BCUT2D eigenvalue weighted by molar-refractivity contribution is 0.323. The highest BCUT2D eigenvalue weighted by molar-refractivity contribution is 14.1.